The van der Waals surface area contributed by atoms with Crippen LogP contribution in [0.2, 0.25) is 0 Å². The highest BCUT2D eigenvalue weighted by molar-refractivity contribution is 5.85. The van der Waals surface area contributed by atoms with Crippen LogP contribution in [0.1, 0.15) is 30.8 Å². The maximum absolute atomic E-state index is 12.6. The number of nitrogens with one attached hydrogen (secondary N) is 2. The summed E-state index contributed by atoms with van der Waals surface area (Å²) in [6.07, 6.45) is 0. The molecule has 0 spiro atoms. The molecule has 6 nitrogen and oxygen atoms in total. The Kier molecular flexibility index (Phi) is 4.68. The molecule has 2 N–H and O–H groups in total. The molecule has 1 aromatic rings. The minimum Gasteiger partial charge on any atom is -0.350 e. The second-order valence-electron chi connectivity index (χ2n) is 6.25. The lowest BCUT2D eigenvalue weighted by atomic mass is 10.00. The molecule has 1 saturated heterocycles. The SMILES string of the molecule is Cc1nn(C)c(C)c1CNC(=O)C(C)(C)N1CCNCC1. The molecule has 1 aromatic heterocycles. The van der Waals surface area contributed by atoms with Crippen LogP contribution >= 0.6 is 0 Å². The molecule has 2 heterocycles. The van der Waals surface area contributed by atoms with E-state index in [0.717, 1.165) is 43.1 Å². The topological polar surface area (TPSA) is 62.2 Å². The van der Waals surface area contributed by atoms with Crippen LogP contribution in [0, 0.1) is 13.8 Å². The second kappa shape index (κ2) is 6.15. The van der Waals surface area contributed by atoms with Crippen LogP contribution in [0.5, 0.6) is 0 Å². The highest BCUT2D eigenvalue weighted by Crippen LogP contribution is 2.17. The molecule has 0 saturated carbocycles. The first-order valence-electron chi connectivity index (χ1n) is 7.57. The molecule has 0 bridgehead atoms. The average Bonchev–Trinajstić information content (AvgIpc) is 2.70. The number of carbonyl (C=O) groups excluding carboxylic acids is 1. The van der Waals surface area contributed by atoms with Crippen LogP contribution < -0.4 is 10.6 Å². The van der Waals surface area contributed by atoms with Crippen LogP contribution in [-0.2, 0) is 18.4 Å². The molecule has 0 atom stereocenters. The van der Waals surface area contributed by atoms with Gasteiger partial charge in [0, 0.05) is 51.0 Å². The maximum Gasteiger partial charge on any atom is 0.240 e. The van der Waals surface area contributed by atoms with Gasteiger partial charge in [0.15, 0.2) is 0 Å². The lowest BCUT2D eigenvalue weighted by molar-refractivity contribution is -0.132. The molecule has 1 aliphatic rings. The molecule has 0 radical (unpaired) electrons. The van der Waals surface area contributed by atoms with E-state index >= 15 is 0 Å². The first-order chi connectivity index (χ1) is 9.84. The lowest BCUT2D eigenvalue weighted by Gasteiger charge is -2.39. The summed E-state index contributed by atoms with van der Waals surface area (Å²) in [6.45, 7) is 12.2. The Morgan fingerprint density at radius 1 is 1.33 bits per heavy atom. The highest BCUT2D eigenvalue weighted by atomic mass is 16.2. The van der Waals surface area contributed by atoms with Crippen LogP contribution in [0.4, 0.5) is 0 Å². The number of hydrogen-bond donors (Lipinski definition) is 2. The Balaban J connectivity index is 2.00. The van der Waals surface area contributed by atoms with Crippen molar-refractivity contribution in [3.63, 3.8) is 0 Å². The Morgan fingerprint density at radius 2 is 1.95 bits per heavy atom. The van der Waals surface area contributed by atoms with Gasteiger partial charge in [-0.1, -0.05) is 0 Å². The van der Waals surface area contributed by atoms with Crippen LogP contribution in [0.25, 0.3) is 0 Å². The molecule has 2 rings (SSSR count). The van der Waals surface area contributed by atoms with Gasteiger partial charge < -0.3 is 10.6 Å². The number of hydrogen-bond acceptors (Lipinski definition) is 4. The number of piperazine rings is 1. The fourth-order valence-electron chi connectivity index (χ4n) is 2.83. The van der Waals surface area contributed by atoms with Crippen molar-refractivity contribution in [1.29, 1.82) is 0 Å². The summed E-state index contributed by atoms with van der Waals surface area (Å²) in [5, 5.41) is 10.8. The van der Waals surface area contributed by atoms with Gasteiger partial charge in [0.2, 0.25) is 5.91 Å². The zero-order valence-electron chi connectivity index (χ0n) is 13.8. The van der Waals surface area contributed by atoms with Gasteiger partial charge in [-0.05, 0) is 27.7 Å². The van der Waals surface area contributed by atoms with Gasteiger partial charge in [0.25, 0.3) is 0 Å². The Bertz CT molecular complexity index is 514. The summed E-state index contributed by atoms with van der Waals surface area (Å²) >= 11 is 0. The number of carbonyl (C=O) groups is 1. The van der Waals surface area contributed by atoms with Gasteiger partial charge in [-0.2, -0.15) is 5.10 Å². The van der Waals surface area contributed by atoms with E-state index in [2.05, 4.69) is 20.6 Å². The van der Waals surface area contributed by atoms with Crippen molar-refractivity contribution in [2.75, 3.05) is 26.2 Å². The fraction of sp³-hybridized carbons (Fsp3) is 0.733. The Labute approximate surface area is 126 Å². The van der Waals surface area contributed by atoms with Crippen molar-refractivity contribution >= 4 is 5.91 Å². The molecule has 0 unspecified atom stereocenters. The summed E-state index contributed by atoms with van der Waals surface area (Å²) in [7, 11) is 1.93. The zero-order valence-corrected chi connectivity index (χ0v) is 13.8. The molecule has 0 aliphatic carbocycles. The Hall–Kier alpha value is -1.40. The van der Waals surface area contributed by atoms with Gasteiger partial charge in [-0.15, -0.1) is 0 Å². The van der Waals surface area contributed by atoms with E-state index in [1.165, 1.54) is 0 Å². The third-order valence-electron chi connectivity index (χ3n) is 4.55. The van der Waals surface area contributed by atoms with Crippen molar-refractivity contribution in [1.82, 2.24) is 25.3 Å². The van der Waals surface area contributed by atoms with E-state index in [9.17, 15) is 4.79 Å². The minimum absolute atomic E-state index is 0.0760. The highest BCUT2D eigenvalue weighted by Gasteiger charge is 2.35. The van der Waals surface area contributed by atoms with E-state index in [4.69, 9.17) is 0 Å². The summed E-state index contributed by atoms with van der Waals surface area (Å²) in [5.74, 6) is 0.0760. The third kappa shape index (κ3) is 3.27. The number of amides is 1. The minimum atomic E-state index is -0.480. The fourth-order valence-corrected chi connectivity index (χ4v) is 2.83. The van der Waals surface area contributed by atoms with Crippen molar-refractivity contribution in [2.24, 2.45) is 7.05 Å². The predicted molar refractivity (Wildman–Crippen MR) is 83.1 cm³/mol. The molecule has 1 fully saturated rings. The van der Waals surface area contributed by atoms with Crippen molar-refractivity contribution < 1.29 is 4.79 Å². The molecule has 0 aromatic carbocycles. The quantitative estimate of drug-likeness (QED) is 0.840. The molecular weight excluding hydrogens is 266 g/mol. The molecule has 118 valence electrons. The number of aromatic nitrogens is 2. The van der Waals surface area contributed by atoms with Gasteiger partial charge in [0.1, 0.15) is 0 Å². The first-order valence-corrected chi connectivity index (χ1v) is 7.57. The average molecular weight is 293 g/mol. The maximum atomic E-state index is 12.6. The van der Waals surface area contributed by atoms with Crippen LogP contribution in [0.15, 0.2) is 0 Å². The van der Waals surface area contributed by atoms with Crippen LogP contribution in [0.3, 0.4) is 0 Å². The van der Waals surface area contributed by atoms with Crippen molar-refractivity contribution in [3.05, 3.63) is 17.0 Å². The van der Waals surface area contributed by atoms with E-state index in [1.54, 1.807) is 0 Å². The summed E-state index contributed by atoms with van der Waals surface area (Å²) in [6, 6.07) is 0. The second-order valence-corrected chi connectivity index (χ2v) is 6.25. The number of nitrogens with zero attached hydrogens (tertiary/aromatic N) is 3. The third-order valence-corrected chi connectivity index (χ3v) is 4.55. The van der Waals surface area contributed by atoms with Gasteiger partial charge in [-0.25, -0.2) is 0 Å². The predicted octanol–water partition coefficient (Wildman–Crippen LogP) is 0.337. The van der Waals surface area contributed by atoms with E-state index in [-0.39, 0.29) is 5.91 Å². The van der Waals surface area contributed by atoms with E-state index in [1.807, 2.05) is 39.4 Å². The smallest absolute Gasteiger partial charge is 0.240 e. The number of rotatable bonds is 4. The zero-order chi connectivity index (χ0) is 15.6. The van der Waals surface area contributed by atoms with Crippen molar-refractivity contribution in [3.8, 4) is 0 Å². The summed E-state index contributed by atoms with van der Waals surface area (Å²) in [4.78, 5) is 14.8. The molecule has 1 aliphatic heterocycles. The van der Waals surface area contributed by atoms with E-state index < -0.39 is 5.54 Å². The van der Waals surface area contributed by atoms with E-state index in [0.29, 0.717) is 6.54 Å². The van der Waals surface area contributed by atoms with Gasteiger partial charge in [-0.3, -0.25) is 14.4 Å². The lowest BCUT2D eigenvalue weighted by Crippen LogP contribution is -2.59. The monoisotopic (exact) mass is 293 g/mol. The van der Waals surface area contributed by atoms with Crippen molar-refractivity contribution in [2.45, 2.75) is 39.8 Å². The largest absolute Gasteiger partial charge is 0.350 e. The first kappa shape index (κ1) is 16.0. The van der Waals surface area contributed by atoms with Crippen LogP contribution in [-0.4, -0.2) is 52.3 Å². The number of aryl methyl sites for hydroxylation is 2. The molecule has 6 heteroatoms. The van der Waals surface area contributed by atoms with Gasteiger partial charge >= 0.3 is 0 Å². The molecular formula is C15H27N5O. The normalized spacial score (nSPS) is 17.0. The summed E-state index contributed by atoms with van der Waals surface area (Å²) in [5.41, 5.74) is 2.72. The standard InChI is InChI=1S/C15H27N5O/c1-11-13(12(2)19(5)18-11)10-17-14(21)15(3,4)20-8-6-16-7-9-20/h16H,6-10H2,1-5H3,(H,17,21). The molecule has 1 amide bonds. The van der Waals surface area contributed by atoms with Gasteiger partial charge in [0.05, 0.1) is 11.2 Å². The Morgan fingerprint density at radius 3 is 2.48 bits per heavy atom. The molecule has 21 heavy (non-hydrogen) atoms. The summed E-state index contributed by atoms with van der Waals surface area (Å²) < 4.78 is 1.86.